The number of aromatic amines is 1. The Hall–Kier alpha value is -3.19. The molecule has 0 saturated carbocycles. The van der Waals surface area contributed by atoms with Crippen LogP contribution >= 0.6 is 11.6 Å². The summed E-state index contributed by atoms with van der Waals surface area (Å²) in [5, 5.41) is 11.9. The highest BCUT2D eigenvalue weighted by molar-refractivity contribution is 6.35. The van der Waals surface area contributed by atoms with Crippen LogP contribution in [0.3, 0.4) is 0 Å². The lowest BCUT2D eigenvalue weighted by molar-refractivity contribution is 0.0952. The summed E-state index contributed by atoms with van der Waals surface area (Å²) in [6.45, 7) is 0.424. The topological polar surface area (TPSA) is 92.2 Å². The average Bonchev–Trinajstić information content (AvgIpc) is 3.09. The lowest BCUT2D eigenvalue weighted by Gasteiger charge is -2.06. The summed E-state index contributed by atoms with van der Waals surface area (Å²) in [6, 6.07) is 10.7. The monoisotopic (exact) mass is 381 g/mol. The molecule has 0 radical (unpaired) electrons. The molecule has 0 saturated heterocycles. The van der Waals surface area contributed by atoms with Gasteiger partial charge in [0.1, 0.15) is 11.4 Å². The second-order valence-electron chi connectivity index (χ2n) is 6.10. The van der Waals surface area contributed by atoms with E-state index in [0.717, 1.165) is 11.5 Å². The van der Waals surface area contributed by atoms with Crippen LogP contribution in [0.5, 0.6) is 0 Å². The number of fused-ring (bicyclic) bond motifs is 2. The summed E-state index contributed by atoms with van der Waals surface area (Å²) >= 11 is 6.07. The van der Waals surface area contributed by atoms with Gasteiger partial charge in [0.2, 0.25) is 5.43 Å². The maximum absolute atomic E-state index is 12.5. The van der Waals surface area contributed by atoms with Crippen LogP contribution < -0.4 is 10.7 Å². The summed E-state index contributed by atoms with van der Waals surface area (Å²) in [7, 11) is 0. The molecule has 3 aromatic heterocycles. The summed E-state index contributed by atoms with van der Waals surface area (Å²) in [5.41, 5.74) is 1.04. The summed E-state index contributed by atoms with van der Waals surface area (Å²) in [6.07, 6.45) is 4.65. The molecule has 8 heteroatoms. The maximum Gasteiger partial charge on any atom is 0.256 e. The van der Waals surface area contributed by atoms with Gasteiger partial charge in [0.25, 0.3) is 5.91 Å². The molecule has 0 unspecified atom stereocenters. The van der Waals surface area contributed by atoms with Crippen LogP contribution in [0.15, 0.2) is 53.6 Å². The molecule has 3 heterocycles. The van der Waals surface area contributed by atoms with E-state index in [9.17, 15) is 9.59 Å². The summed E-state index contributed by atoms with van der Waals surface area (Å²) < 4.78 is 1.92. The third-order valence-corrected chi connectivity index (χ3v) is 4.67. The molecule has 4 rings (SSSR count). The van der Waals surface area contributed by atoms with Gasteiger partial charge in [-0.2, -0.15) is 0 Å². The first-order valence-electron chi connectivity index (χ1n) is 8.52. The number of carbonyl (C=O) groups is 1. The van der Waals surface area contributed by atoms with E-state index in [1.807, 2.05) is 28.8 Å². The zero-order chi connectivity index (χ0) is 18.8. The third-order valence-electron chi connectivity index (χ3n) is 4.36. The van der Waals surface area contributed by atoms with Crippen molar-refractivity contribution in [3.05, 3.63) is 75.4 Å². The van der Waals surface area contributed by atoms with Crippen molar-refractivity contribution in [2.24, 2.45) is 0 Å². The van der Waals surface area contributed by atoms with E-state index in [2.05, 4.69) is 20.5 Å². The Balaban J connectivity index is 1.42. The number of H-pyrrole nitrogens is 1. The molecule has 2 N–H and O–H groups in total. The number of nitrogens with one attached hydrogen (secondary N) is 2. The molecule has 0 fully saturated rings. The standard InChI is InChI=1S/C19H16ClN5O2/c20-14-6-3-5-12-17(14)22-11-13(18(12)26)19(27)21-9-4-8-16-24-23-15-7-1-2-10-25(15)16/h1-3,5-7,10-11H,4,8-9H2,(H,21,27)(H,22,26). The molecule has 0 spiro atoms. The predicted octanol–water partition coefficient (Wildman–Crippen LogP) is 2.59. The van der Waals surface area contributed by atoms with Gasteiger partial charge in [-0.3, -0.25) is 14.0 Å². The molecular formula is C19H16ClN5O2. The van der Waals surface area contributed by atoms with Gasteiger partial charge in [0.05, 0.1) is 10.5 Å². The Morgan fingerprint density at radius 2 is 2.07 bits per heavy atom. The first kappa shape index (κ1) is 17.2. The van der Waals surface area contributed by atoms with Gasteiger partial charge in [-0.05, 0) is 30.7 Å². The second kappa shape index (κ2) is 7.20. The van der Waals surface area contributed by atoms with Crippen molar-refractivity contribution in [3.8, 4) is 0 Å². The van der Waals surface area contributed by atoms with E-state index in [-0.39, 0.29) is 11.0 Å². The van der Waals surface area contributed by atoms with Gasteiger partial charge in [0, 0.05) is 30.7 Å². The van der Waals surface area contributed by atoms with Gasteiger partial charge >= 0.3 is 0 Å². The Bertz CT molecular complexity index is 1200. The highest BCUT2D eigenvalue weighted by Gasteiger charge is 2.13. The van der Waals surface area contributed by atoms with Crippen LogP contribution in [0.25, 0.3) is 16.6 Å². The van der Waals surface area contributed by atoms with Gasteiger partial charge in [-0.1, -0.05) is 23.7 Å². The van der Waals surface area contributed by atoms with Crippen LogP contribution in [0, 0.1) is 0 Å². The van der Waals surface area contributed by atoms with E-state index in [0.29, 0.717) is 35.3 Å². The predicted molar refractivity (Wildman–Crippen MR) is 103 cm³/mol. The zero-order valence-electron chi connectivity index (χ0n) is 14.3. The van der Waals surface area contributed by atoms with E-state index in [1.54, 1.807) is 18.2 Å². The number of rotatable bonds is 5. The molecule has 0 atom stereocenters. The van der Waals surface area contributed by atoms with Gasteiger partial charge in [-0.25, -0.2) is 0 Å². The largest absolute Gasteiger partial charge is 0.359 e. The summed E-state index contributed by atoms with van der Waals surface area (Å²) in [5.74, 6) is 0.419. The normalized spacial score (nSPS) is 11.1. The Morgan fingerprint density at radius 1 is 1.19 bits per heavy atom. The first-order chi connectivity index (χ1) is 13.1. The Kier molecular flexibility index (Phi) is 4.60. The van der Waals surface area contributed by atoms with Crippen molar-refractivity contribution >= 4 is 34.1 Å². The smallest absolute Gasteiger partial charge is 0.256 e. The van der Waals surface area contributed by atoms with Gasteiger partial charge in [0.15, 0.2) is 5.65 Å². The lowest BCUT2D eigenvalue weighted by atomic mass is 10.1. The van der Waals surface area contributed by atoms with Crippen molar-refractivity contribution in [1.29, 1.82) is 0 Å². The highest BCUT2D eigenvalue weighted by Crippen LogP contribution is 2.18. The molecule has 4 aromatic rings. The number of amides is 1. The number of benzene rings is 1. The number of halogens is 1. The van der Waals surface area contributed by atoms with Crippen LogP contribution in [0.2, 0.25) is 5.02 Å². The highest BCUT2D eigenvalue weighted by atomic mass is 35.5. The number of aromatic nitrogens is 4. The van der Waals surface area contributed by atoms with Crippen molar-refractivity contribution in [3.63, 3.8) is 0 Å². The van der Waals surface area contributed by atoms with Crippen LogP contribution in [0.4, 0.5) is 0 Å². The van der Waals surface area contributed by atoms with Gasteiger partial charge in [-0.15, -0.1) is 10.2 Å². The number of hydrogen-bond acceptors (Lipinski definition) is 4. The minimum absolute atomic E-state index is 0.0673. The van der Waals surface area contributed by atoms with Crippen LogP contribution in [-0.4, -0.2) is 32.0 Å². The molecule has 0 aliphatic heterocycles. The SMILES string of the molecule is O=C(NCCCc1nnc2ccccn12)c1c[nH]c2c(Cl)cccc2c1=O. The molecule has 1 aromatic carbocycles. The molecule has 1 amide bonds. The number of pyridine rings is 2. The zero-order valence-corrected chi connectivity index (χ0v) is 15.0. The van der Waals surface area contributed by atoms with E-state index >= 15 is 0 Å². The minimum atomic E-state index is -0.413. The number of carbonyl (C=O) groups excluding carboxylic acids is 1. The fraction of sp³-hybridized carbons (Fsp3) is 0.158. The number of hydrogen-bond donors (Lipinski definition) is 2. The van der Waals surface area contributed by atoms with Crippen LogP contribution in [0.1, 0.15) is 22.6 Å². The summed E-state index contributed by atoms with van der Waals surface area (Å²) in [4.78, 5) is 27.8. The molecule has 7 nitrogen and oxygen atoms in total. The van der Waals surface area contributed by atoms with Crippen molar-refractivity contribution < 1.29 is 4.79 Å². The van der Waals surface area contributed by atoms with E-state index in [1.165, 1.54) is 6.20 Å². The second-order valence-corrected chi connectivity index (χ2v) is 6.51. The van der Waals surface area contributed by atoms with E-state index in [4.69, 9.17) is 11.6 Å². The molecule has 0 aliphatic carbocycles. The Labute approximate surface area is 159 Å². The first-order valence-corrected chi connectivity index (χ1v) is 8.89. The minimum Gasteiger partial charge on any atom is -0.359 e. The van der Waals surface area contributed by atoms with Crippen molar-refractivity contribution in [2.75, 3.05) is 6.54 Å². The number of aryl methyl sites for hydroxylation is 1. The molecule has 0 bridgehead atoms. The fourth-order valence-corrected chi connectivity index (χ4v) is 3.22. The van der Waals surface area contributed by atoms with Crippen molar-refractivity contribution in [1.82, 2.24) is 24.9 Å². The molecule has 27 heavy (non-hydrogen) atoms. The number of nitrogens with zero attached hydrogens (tertiary/aromatic N) is 3. The van der Waals surface area contributed by atoms with Crippen molar-refractivity contribution in [2.45, 2.75) is 12.8 Å². The van der Waals surface area contributed by atoms with Crippen LogP contribution in [-0.2, 0) is 6.42 Å². The maximum atomic E-state index is 12.5. The van der Waals surface area contributed by atoms with Gasteiger partial charge < -0.3 is 10.3 Å². The quantitative estimate of drug-likeness (QED) is 0.520. The molecule has 136 valence electrons. The average molecular weight is 382 g/mol. The number of para-hydroxylation sites is 1. The fourth-order valence-electron chi connectivity index (χ4n) is 2.99. The molecular weight excluding hydrogens is 366 g/mol. The van der Waals surface area contributed by atoms with E-state index < -0.39 is 5.91 Å². The lowest BCUT2D eigenvalue weighted by Crippen LogP contribution is -2.30. The molecule has 0 aliphatic rings. The Morgan fingerprint density at radius 3 is 2.96 bits per heavy atom. The third kappa shape index (κ3) is 3.29.